The molecule has 4 heteroatoms. The summed E-state index contributed by atoms with van der Waals surface area (Å²) in [4.78, 5) is 15.5. The number of hydrogen-bond donors (Lipinski definition) is 0. The van der Waals surface area contributed by atoms with Gasteiger partial charge in [-0.2, -0.15) is 5.26 Å². The smallest absolute Gasteiger partial charge is 0.241 e. The average Bonchev–Trinajstić information content (AvgIpc) is 2.37. The highest BCUT2D eigenvalue weighted by atomic mass is 16.2. The molecule has 0 aromatic heterocycles. The van der Waals surface area contributed by atoms with Gasteiger partial charge in [0.15, 0.2) is 0 Å². The minimum atomic E-state index is 0.0422. The molecule has 0 bridgehead atoms. The van der Waals surface area contributed by atoms with Crippen molar-refractivity contribution in [1.29, 1.82) is 5.26 Å². The number of hydrogen-bond acceptors (Lipinski definition) is 3. The van der Waals surface area contributed by atoms with E-state index >= 15 is 0 Å². The average molecular weight is 259 g/mol. The molecule has 0 saturated carbocycles. The fourth-order valence-corrected chi connectivity index (χ4v) is 2.01. The Hall–Kier alpha value is -2.02. The molecule has 0 spiro atoms. The first-order valence-corrected chi connectivity index (χ1v) is 6.46. The van der Waals surface area contributed by atoms with Gasteiger partial charge < -0.3 is 9.80 Å². The second-order valence-corrected chi connectivity index (χ2v) is 4.79. The van der Waals surface area contributed by atoms with E-state index in [-0.39, 0.29) is 5.91 Å². The molecule has 0 aliphatic rings. The van der Waals surface area contributed by atoms with Gasteiger partial charge in [-0.05, 0) is 25.0 Å². The highest BCUT2D eigenvalue weighted by molar-refractivity contribution is 5.82. The summed E-state index contributed by atoms with van der Waals surface area (Å²) in [6.45, 7) is 5.11. The number of nitriles is 1. The second-order valence-electron chi connectivity index (χ2n) is 4.79. The van der Waals surface area contributed by atoms with Crippen LogP contribution in [-0.4, -0.2) is 38.0 Å². The molecule has 0 heterocycles. The summed E-state index contributed by atoms with van der Waals surface area (Å²) in [6, 6.07) is 7.85. The van der Waals surface area contributed by atoms with E-state index in [4.69, 9.17) is 0 Å². The number of anilines is 1. The van der Waals surface area contributed by atoms with Crippen LogP contribution in [-0.2, 0) is 4.79 Å². The first-order chi connectivity index (χ1) is 9.01. The Morgan fingerprint density at radius 3 is 2.58 bits per heavy atom. The first kappa shape index (κ1) is 15.0. The van der Waals surface area contributed by atoms with Gasteiger partial charge in [-0.15, -0.1) is 0 Å². The SMILES string of the molecule is CCCN(CC(=O)N(C)C)c1c(C)cccc1C#N. The summed E-state index contributed by atoms with van der Waals surface area (Å²) in [7, 11) is 3.49. The van der Waals surface area contributed by atoms with Crippen LogP contribution in [0.4, 0.5) is 5.69 Å². The van der Waals surface area contributed by atoms with Crippen molar-refractivity contribution in [2.45, 2.75) is 20.3 Å². The van der Waals surface area contributed by atoms with E-state index in [1.165, 1.54) is 0 Å². The maximum Gasteiger partial charge on any atom is 0.241 e. The van der Waals surface area contributed by atoms with Crippen LogP contribution in [0.5, 0.6) is 0 Å². The minimum Gasteiger partial charge on any atom is -0.361 e. The van der Waals surface area contributed by atoms with Crippen molar-refractivity contribution in [2.24, 2.45) is 0 Å². The summed E-state index contributed by atoms with van der Waals surface area (Å²) < 4.78 is 0. The third-order valence-corrected chi connectivity index (χ3v) is 2.99. The van der Waals surface area contributed by atoms with Crippen LogP contribution in [0.3, 0.4) is 0 Å². The molecule has 1 amide bonds. The molecule has 0 fully saturated rings. The number of nitrogens with zero attached hydrogens (tertiary/aromatic N) is 3. The quantitative estimate of drug-likeness (QED) is 0.814. The van der Waals surface area contributed by atoms with E-state index in [1.807, 2.05) is 24.0 Å². The summed E-state index contributed by atoms with van der Waals surface area (Å²) in [5, 5.41) is 9.23. The second kappa shape index (κ2) is 6.79. The van der Waals surface area contributed by atoms with Gasteiger partial charge in [0.2, 0.25) is 5.91 Å². The van der Waals surface area contributed by atoms with E-state index < -0.39 is 0 Å². The lowest BCUT2D eigenvalue weighted by molar-refractivity contribution is -0.127. The van der Waals surface area contributed by atoms with Crippen molar-refractivity contribution in [3.8, 4) is 6.07 Å². The van der Waals surface area contributed by atoms with Gasteiger partial charge in [-0.25, -0.2) is 0 Å². The van der Waals surface area contributed by atoms with Crippen molar-refractivity contribution in [1.82, 2.24) is 4.90 Å². The molecule has 4 nitrogen and oxygen atoms in total. The van der Waals surface area contributed by atoms with E-state index in [1.54, 1.807) is 25.1 Å². The number of carbonyl (C=O) groups is 1. The lowest BCUT2D eigenvalue weighted by atomic mass is 10.1. The Morgan fingerprint density at radius 2 is 2.05 bits per heavy atom. The molecule has 102 valence electrons. The van der Waals surface area contributed by atoms with Crippen LogP contribution in [0.2, 0.25) is 0 Å². The van der Waals surface area contributed by atoms with Crippen molar-refractivity contribution in [3.05, 3.63) is 29.3 Å². The number of carbonyl (C=O) groups excluding carboxylic acids is 1. The molecule has 1 aromatic rings. The minimum absolute atomic E-state index is 0.0422. The van der Waals surface area contributed by atoms with Crippen molar-refractivity contribution >= 4 is 11.6 Å². The van der Waals surface area contributed by atoms with Gasteiger partial charge >= 0.3 is 0 Å². The van der Waals surface area contributed by atoms with Gasteiger partial charge in [0.1, 0.15) is 6.07 Å². The van der Waals surface area contributed by atoms with E-state index in [0.717, 1.165) is 24.2 Å². The third-order valence-electron chi connectivity index (χ3n) is 2.99. The molecule has 0 atom stereocenters. The first-order valence-electron chi connectivity index (χ1n) is 6.46. The predicted octanol–water partition coefficient (Wildman–Crippen LogP) is 2.17. The maximum atomic E-state index is 11.9. The van der Waals surface area contributed by atoms with Gasteiger partial charge in [0.25, 0.3) is 0 Å². The van der Waals surface area contributed by atoms with Crippen molar-refractivity contribution in [2.75, 3.05) is 32.1 Å². The van der Waals surface area contributed by atoms with Crippen molar-refractivity contribution < 1.29 is 4.79 Å². The Kier molecular flexibility index (Phi) is 5.37. The summed E-state index contributed by atoms with van der Waals surface area (Å²) in [5.41, 5.74) is 2.53. The summed E-state index contributed by atoms with van der Waals surface area (Å²) in [5.74, 6) is 0.0422. The number of amides is 1. The van der Waals surface area contributed by atoms with Gasteiger partial charge in [0.05, 0.1) is 17.8 Å². The molecule has 0 radical (unpaired) electrons. The molecule has 0 aliphatic heterocycles. The Labute approximate surface area is 115 Å². The van der Waals surface area contributed by atoms with Gasteiger partial charge in [-0.3, -0.25) is 4.79 Å². The topological polar surface area (TPSA) is 47.3 Å². The van der Waals surface area contributed by atoms with Crippen LogP contribution in [0, 0.1) is 18.3 Å². The number of rotatable bonds is 5. The van der Waals surface area contributed by atoms with Gasteiger partial charge in [0, 0.05) is 20.6 Å². The summed E-state index contributed by atoms with van der Waals surface area (Å²) >= 11 is 0. The van der Waals surface area contributed by atoms with Crippen LogP contribution in [0.25, 0.3) is 0 Å². The predicted molar refractivity (Wildman–Crippen MR) is 77.1 cm³/mol. The van der Waals surface area contributed by atoms with E-state index in [9.17, 15) is 10.1 Å². The van der Waals surface area contributed by atoms with E-state index in [0.29, 0.717) is 12.1 Å². The Morgan fingerprint density at radius 1 is 1.37 bits per heavy atom. The van der Waals surface area contributed by atoms with E-state index in [2.05, 4.69) is 13.0 Å². The molecule has 19 heavy (non-hydrogen) atoms. The zero-order chi connectivity index (χ0) is 14.4. The zero-order valence-corrected chi connectivity index (χ0v) is 12.1. The van der Waals surface area contributed by atoms with Crippen LogP contribution >= 0.6 is 0 Å². The summed E-state index contributed by atoms with van der Waals surface area (Å²) in [6.07, 6.45) is 0.930. The molecular formula is C15H21N3O. The monoisotopic (exact) mass is 259 g/mol. The third kappa shape index (κ3) is 3.72. The molecule has 0 saturated heterocycles. The zero-order valence-electron chi connectivity index (χ0n) is 12.1. The fraction of sp³-hybridized carbons (Fsp3) is 0.467. The van der Waals surface area contributed by atoms with Crippen LogP contribution in [0.15, 0.2) is 18.2 Å². The number of benzene rings is 1. The van der Waals surface area contributed by atoms with Crippen LogP contribution < -0.4 is 4.90 Å². The largest absolute Gasteiger partial charge is 0.361 e. The number of likely N-dealkylation sites (N-methyl/N-ethyl adjacent to an activating group) is 1. The van der Waals surface area contributed by atoms with Crippen molar-refractivity contribution in [3.63, 3.8) is 0 Å². The molecule has 0 unspecified atom stereocenters. The standard InChI is InChI=1S/C15H21N3O/c1-5-9-18(11-14(19)17(3)4)15-12(2)7-6-8-13(15)10-16/h6-8H,5,9,11H2,1-4H3. The molecule has 0 aliphatic carbocycles. The molecule has 0 N–H and O–H groups in total. The molecule has 1 rings (SSSR count). The fourth-order valence-electron chi connectivity index (χ4n) is 2.01. The molecular weight excluding hydrogens is 238 g/mol. The number of para-hydroxylation sites is 1. The Bertz CT molecular complexity index is 489. The lowest BCUT2D eigenvalue weighted by Crippen LogP contribution is -2.37. The Balaban J connectivity index is 3.13. The highest BCUT2D eigenvalue weighted by Crippen LogP contribution is 2.24. The maximum absolute atomic E-state index is 11.9. The molecule has 1 aromatic carbocycles. The lowest BCUT2D eigenvalue weighted by Gasteiger charge is -2.27. The van der Waals surface area contributed by atoms with Gasteiger partial charge in [-0.1, -0.05) is 19.1 Å². The normalized spacial score (nSPS) is 9.84. The highest BCUT2D eigenvalue weighted by Gasteiger charge is 2.17. The number of aryl methyl sites for hydroxylation is 1. The van der Waals surface area contributed by atoms with Crippen LogP contribution in [0.1, 0.15) is 24.5 Å².